The minimum Gasteiger partial charge on any atom is -0.457 e. The molecule has 0 aromatic rings. The van der Waals surface area contributed by atoms with Gasteiger partial charge in [0, 0.05) is 13.0 Å². The summed E-state index contributed by atoms with van der Waals surface area (Å²) in [5.74, 6) is -0.525. The van der Waals surface area contributed by atoms with Gasteiger partial charge < -0.3 is 39.9 Å². The molecule has 0 aromatic heterocycles. The lowest BCUT2D eigenvalue weighted by Crippen LogP contribution is -2.64. The number of phosphoric acid groups is 1. The van der Waals surface area contributed by atoms with Crippen molar-refractivity contribution >= 4 is 13.8 Å². The van der Waals surface area contributed by atoms with Gasteiger partial charge in [-0.25, -0.2) is 4.57 Å². The molecule has 356 valence electrons. The maximum Gasteiger partial charge on any atom is 0.472 e. The Hall–Kier alpha value is -2.48. The van der Waals surface area contributed by atoms with Crippen LogP contribution in [0.15, 0.2) is 85.1 Å². The number of phosphoric ester groups is 1. The first kappa shape index (κ1) is 57.5. The summed E-state index contributed by atoms with van der Waals surface area (Å²) in [5.41, 5.74) is 0. The monoisotopic (exact) mass is 895 g/mol. The van der Waals surface area contributed by atoms with Crippen molar-refractivity contribution in [1.82, 2.24) is 0 Å². The Bertz CT molecular complexity index is 1340. The quantitative estimate of drug-likeness (QED) is 0.0149. The maximum atomic E-state index is 12.8. The van der Waals surface area contributed by atoms with Gasteiger partial charge in [-0.1, -0.05) is 144 Å². The minimum atomic E-state index is -5.04. The van der Waals surface area contributed by atoms with Gasteiger partial charge in [-0.3, -0.25) is 13.8 Å². The van der Waals surface area contributed by atoms with E-state index in [9.17, 15) is 39.8 Å². The highest BCUT2D eigenvalue weighted by Crippen LogP contribution is 2.47. The number of hydrogen-bond donors (Lipinski definition) is 6. The lowest BCUT2D eigenvalue weighted by molar-refractivity contribution is -0.220. The molecular formula is C49H83O12P. The van der Waals surface area contributed by atoms with Gasteiger partial charge in [0.05, 0.1) is 13.2 Å². The van der Waals surface area contributed by atoms with Crippen LogP contribution >= 0.6 is 7.82 Å². The van der Waals surface area contributed by atoms with Crippen LogP contribution in [0.25, 0.3) is 0 Å². The third-order valence-corrected chi connectivity index (χ3v) is 11.2. The van der Waals surface area contributed by atoms with Crippen molar-refractivity contribution < 1.29 is 58.3 Å². The molecule has 0 spiro atoms. The number of aliphatic hydroxyl groups excluding tert-OH is 5. The van der Waals surface area contributed by atoms with E-state index in [4.69, 9.17) is 18.5 Å². The Morgan fingerprint density at radius 3 is 1.47 bits per heavy atom. The molecule has 1 rings (SSSR count). The van der Waals surface area contributed by atoms with Crippen LogP contribution < -0.4 is 0 Å². The van der Waals surface area contributed by atoms with Crippen LogP contribution in [0.4, 0.5) is 0 Å². The van der Waals surface area contributed by atoms with E-state index in [1.54, 1.807) is 0 Å². The van der Waals surface area contributed by atoms with Gasteiger partial charge in [-0.15, -0.1) is 0 Å². The molecule has 6 unspecified atom stereocenters. The molecule has 13 heteroatoms. The van der Waals surface area contributed by atoms with E-state index in [2.05, 4.69) is 98.9 Å². The van der Waals surface area contributed by atoms with Crippen molar-refractivity contribution in [3.8, 4) is 0 Å². The van der Waals surface area contributed by atoms with Gasteiger partial charge in [-0.2, -0.15) is 0 Å². The van der Waals surface area contributed by atoms with E-state index in [-0.39, 0.29) is 13.0 Å². The number of hydrogen-bond acceptors (Lipinski definition) is 11. The fourth-order valence-corrected chi connectivity index (χ4v) is 7.50. The fourth-order valence-electron chi connectivity index (χ4n) is 6.53. The predicted octanol–water partition coefficient (Wildman–Crippen LogP) is 9.75. The normalized spacial score (nSPS) is 22.8. The zero-order valence-corrected chi connectivity index (χ0v) is 38.8. The number of rotatable bonds is 38. The summed E-state index contributed by atoms with van der Waals surface area (Å²) in [5, 5.41) is 50.2. The molecule has 0 aromatic carbocycles. The van der Waals surface area contributed by atoms with Crippen molar-refractivity contribution in [3.63, 3.8) is 0 Å². The number of carbonyl (C=O) groups excluding carboxylic acids is 1. The molecule has 6 atom stereocenters. The topological polar surface area (TPSA) is 192 Å². The fraction of sp³-hybridized carbons (Fsp3) is 0.694. The van der Waals surface area contributed by atoms with Crippen molar-refractivity contribution in [2.75, 3.05) is 19.8 Å². The molecule has 1 saturated carbocycles. The van der Waals surface area contributed by atoms with Crippen LogP contribution in [0, 0.1) is 0 Å². The first-order chi connectivity index (χ1) is 30.0. The van der Waals surface area contributed by atoms with E-state index in [1.165, 1.54) is 44.9 Å². The third-order valence-electron chi connectivity index (χ3n) is 10.3. The summed E-state index contributed by atoms with van der Waals surface area (Å²) in [4.78, 5) is 23.2. The Labute approximate surface area is 373 Å². The Balaban J connectivity index is 2.44. The Morgan fingerprint density at radius 1 is 0.532 bits per heavy atom. The zero-order chi connectivity index (χ0) is 45.5. The number of allylic oxidation sites excluding steroid dienone is 14. The summed E-state index contributed by atoms with van der Waals surface area (Å²) in [6.45, 7) is 4.05. The number of unbranched alkanes of at least 4 members (excludes halogenated alkanes) is 12. The van der Waals surface area contributed by atoms with Crippen LogP contribution in [0.1, 0.15) is 155 Å². The van der Waals surface area contributed by atoms with Crippen LogP contribution in [0.3, 0.4) is 0 Å². The second kappa shape index (κ2) is 38.9. The van der Waals surface area contributed by atoms with Gasteiger partial charge >= 0.3 is 13.8 Å². The number of aliphatic hydroxyl groups is 5. The Kier molecular flexibility index (Phi) is 36.1. The molecule has 1 fully saturated rings. The van der Waals surface area contributed by atoms with Gasteiger partial charge in [0.25, 0.3) is 0 Å². The molecule has 0 radical (unpaired) electrons. The summed E-state index contributed by atoms with van der Waals surface area (Å²) in [6.07, 6.45) is 39.4. The lowest BCUT2D eigenvalue weighted by atomic mass is 9.85. The maximum absolute atomic E-state index is 12.8. The second-order valence-corrected chi connectivity index (χ2v) is 17.3. The van der Waals surface area contributed by atoms with Gasteiger partial charge in [0.2, 0.25) is 0 Å². The second-order valence-electron chi connectivity index (χ2n) is 15.9. The van der Waals surface area contributed by atoms with E-state index < -0.39 is 63.1 Å². The van der Waals surface area contributed by atoms with Crippen molar-refractivity contribution in [3.05, 3.63) is 85.1 Å². The highest BCUT2D eigenvalue weighted by atomic mass is 31.2. The highest BCUT2D eigenvalue weighted by Gasteiger charge is 2.51. The third kappa shape index (κ3) is 30.6. The van der Waals surface area contributed by atoms with Gasteiger partial charge in [0.15, 0.2) is 0 Å². The largest absolute Gasteiger partial charge is 0.472 e. The van der Waals surface area contributed by atoms with Crippen molar-refractivity contribution in [2.24, 2.45) is 0 Å². The number of ether oxygens (including phenoxy) is 2. The van der Waals surface area contributed by atoms with E-state index in [0.717, 1.165) is 83.5 Å². The van der Waals surface area contributed by atoms with Gasteiger partial charge in [-0.05, 0) is 89.9 Å². The standard InChI is InChI=1S/C49H83O12P/c1-3-5-7-9-11-13-15-17-19-20-21-22-23-24-25-26-28-30-32-34-36-38-43(50)60-42(40-58-39-37-35-33-31-29-27-18-16-14-12-10-8-6-4-2)41-59-62(56,57)61-49-47(54)45(52)44(51)46(53)48(49)55/h5,7,11,13-14,16-17,19,21-22,24-25,28,30,42,44-49,51-55H,3-4,6,8-10,12,15,18,20,23,26-27,29,31-41H2,1-2H3,(H,56,57)/b7-5-,13-11-,16-14-,19-17-,22-21-,25-24-,30-28-. The summed E-state index contributed by atoms with van der Waals surface area (Å²) >= 11 is 0. The highest BCUT2D eigenvalue weighted by molar-refractivity contribution is 7.47. The number of esters is 1. The molecule has 12 nitrogen and oxygen atoms in total. The van der Waals surface area contributed by atoms with Crippen molar-refractivity contribution in [2.45, 2.75) is 198 Å². The first-order valence-corrected chi connectivity index (χ1v) is 24.9. The SMILES string of the molecule is CC/C=C\C/C=C\C/C=C\C/C=C\C/C=C\C/C=C\CCCCC(=O)OC(COCCCCCCCC/C=C\CCCCCC)COP(=O)(O)OC1C(O)C(O)C(O)C(O)C1O. The molecule has 1 aliphatic rings. The molecule has 0 bridgehead atoms. The zero-order valence-electron chi connectivity index (χ0n) is 37.9. The molecule has 0 saturated heterocycles. The molecule has 0 aliphatic heterocycles. The summed E-state index contributed by atoms with van der Waals surface area (Å²) in [6, 6.07) is 0. The van der Waals surface area contributed by atoms with Crippen molar-refractivity contribution in [1.29, 1.82) is 0 Å². The minimum absolute atomic E-state index is 0.104. The van der Waals surface area contributed by atoms with E-state index >= 15 is 0 Å². The van der Waals surface area contributed by atoms with Crippen LogP contribution in [-0.4, -0.2) is 98.9 Å². The molecule has 62 heavy (non-hydrogen) atoms. The smallest absolute Gasteiger partial charge is 0.457 e. The molecule has 0 amide bonds. The average molecular weight is 895 g/mol. The molecular weight excluding hydrogens is 812 g/mol. The molecule has 0 heterocycles. The molecule has 6 N–H and O–H groups in total. The lowest BCUT2D eigenvalue weighted by Gasteiger charge is -2.41. The summed E-state index contributed by atoms with van der Waals surface area (Å²) < 4.78 is 34.1. The van der Waals surface area contributed by atoms with Crippen LogP contribution in [-0.2, 0) is 27.9 Å². The predicted molar refractivity (Wildman–Crippen MR) is 248 cm³/mol. The van der Waals surface area contributed by atoms with Gasteiger partial charge in [0.1, 0.15) is 42.7 Å². The average Bonchev–Trinajstić information content (AvgIpc) is 3.26. The van der Waals surface area contributed by atoms with Crippen LogP contribution in [0.5, 0.6) is 0 Å². The number of carbonyl (C=O) groups is 1. The van der Waals surface area contributed by atoms with E-state index in [0.29, 0.717) is 13.0 Å². The first-order valence-electron chi connectivity index (χ1n) is 23.4. The van der Waals surface area contributed by atoms with Crippen LogP contribution in [0.2, 0.25) is 0 Å². The molecule has 1 aliphatic carbocycles. The van der Waals surface area contributed by atoms with E-state index in [1.807, 2.05) is 0 Å². The Morgan fingerprint density at radius 2 is 0.952 bits per heavy atom. The summed E-state index contributed by atoms with van der Waals surface area (Å²) in [7, 11) is -5.04.